The highest BCUT2D eigenvalue weighted by Crippen LogP contribution is 2.42. The van der Waals surface area contributed by atoms with Gasteiger partial charge in [-0.15, -0.1) is 0 Å². The average Bonchev–Trinajstić information content (AvgIpc) is 1.82. The van der Waals surface area contributed by atoms with Crippen LogP contribution in [0.3, 0.4) is 0 Å². The van der Waals surface area contributed by atoms with E-state index in [1.165, 1.54) is 0 Å². The first kappa shape index (κ1) is 9.56. The van der Waals surface area contributed by atoms with Crippen molar-refractivity contribution in [2.24, 2.45) is 23.0 Å². The molecular weight excluding hydrogens is 150 g/mol. The summed E-state index contributed by atoms with van der Waals surface area (Å²) in [5.41, 5.74) is 5.46. The Hall–Kier alpha value is -0.530. The van der Waals surface area contributed by atoms with Gasteiger partial charge in [-0.05, 0) is 30.6 Å². The fourth-order valence-electron chi connectivity index (χ4n) is 2.51. The zero-order chi connectivity index (χ0) is 9.35. The molecule has 70 valence electrons. The van der Waals surface area contributed by atoms with Gasteiger partial charge >= 0.3 is 0 Å². The van der Waals surface area contributed by atoms with Crippen molar-refractivity contribution < 1.29 is 4.79 Å². The third-order valence-electron chi connectivity index (χ3n) is 3.11. The summed E-state index contributed by atoms with van der Waals surface area (Å²) in [5.74, 6) is 0.719. The van der Waals surface area contributed by atoms with Gasteiger partial charge in [0.25, 0.3) is 0 Å². The molecule has 2 atom stereocenters. The van der Waals surface area contributed by atoms with Crippen LogP contribution in [0.4, 0.5) is 0 Å². The van der Waals surface area contributed by atoms with E-state index in [1.54, 1.807) is 0 Å². The van der Waals surface area contributed by atoms with E-state index in [4.69, 9.17) is 5.73 Å². The van der Waals surface area contributed by atoms with E-state index in [0.29, 0.717) is 0 Å². The molecule has 1 aliphatic carbocycles. The van der Waals surface area contributed by atoms with E-state index in [9.17, 15) is 4.79 Å². The molecule has 0 aromatic heterocycles. The lowest BCUT2D eigenvalue weighted by molar-refractivity contribution is -0.127. The first-order valence-corrected chi connectivity index (χ1v) is 4.73. The molecule has 12 heavy (non-hydrogen) atoms. The van der Waals surface area contributed by atoms with E-state index < -0.39 is 0 Å². The van der Waals surface area contributed by atoms with Crippen LogP contribution in [0, 0.1) is 17.3 Å². The monoisotopic (exact) mass is 169 g/mol. The number of carbonyl (C=O) groups is 1. The molecule has 1 amide bonds. The van der Waals surface area contributed by atoms with Crippen molar-refractivity contribution in [3.8, 4) is 0 Å². The Labute approximate surface area is 74.5 Å². The van der Waals surface area contributed by atoms with Gasteiger partial charge in [-0.25, -0.2) is 0 Å². The van der Waals surface area contributed by atoms with Crippen molar-refractivity contribution in [2.45, 2.75) is 40.0 Å². The van der Waals surface area contributed by atoms with Gasteiger partial charge in [0, 0.05) is 5.92 Å². The van der Waals surface area contributed by atoms with Crippen LogP contribution in [-0.4, -0.2) is 5.91 Å². The molecule has 1 saturated carbocycles. The molecule has 0 aromatic carbocycles. The van der Waals surface area contributed by atoms with Crippen LogP contribution in [-0.2, 0) is 4.79 Å². The molecule has 1 rings (SSSR count). The maximum absolute atomic E-state index is 11.1. The van der Waals surface area contributed by atoms with Gasteiger partial charge in [0.2, 0.25) is 5.91 Å². The topological polar surface area (TPSA) is 43.1 Å². The summed E-state index contributed by atoms with van der Waals surface area (Å²) < 4.78 is 0. The zero-order valence-corrected chi connectivity index (χ0v) is 8.26. The molecule has 0 aliphatic heterocycles. The van der Waals surface area contributed by atoms with E-state index in [0.717, 1.165) is 25.2 Å². The highest BCUT2D eigenvalue weighted by atomic mass is 16.1. The molecule has 2 unspecified atom stereocenters. The van der Waals surface area contributed by atoms with Crippen molar-refractivity contribution in [3.05, 3.63) is 0 Å². The Morgan fingerprint density at radius 3 is 2.42 bits per heavy atom. The summed E-state index contributed by atoms with van der Waals surface area (Å²) in [6, 6.07) is 0. The van der Waals surface area contributed by atoms with Gasteiger partial charge < -0.3 is 5.73 Å². The van der Waals surface area contributed by atoms with Crippen LogP contribution in [0.15, 0.2) is 0 Å². The molecule has 1 fully saturated rings. The largest absolute Gasteiger partial charge is 0.369 e. The van der Waals surface area contributed by atoms with Crippen molar-refractivity contribution in [1.29, 1.82) is 0 Å². The Kier molecular flexibility index (Phi) is 2.45. The van der Waals surface area contributed by atoms with Crippen molar-refractivity contribution >= 4 is 5.91 Å². The predicted octanol–water partition coefficient (Wildman–Crippen LogP) is 1.93. The second kappa shape index (κ2) is 3.08. The number of amides is 1. The van der Waals surface area contributed by atoms with E-state index >= 15 is 0 Å². The molecule has 1 aliphatic rings. The maximum atomic E-state index is 11.1. The van der Waals surface area contributed by atoms with Crippen molar-refractivity contribution in [3.63, 3.8) is 0 Å². The van der Waals surface area contributed by atoms with Crippen molar-refractivity contribution in [2.75, 3.05) is 0 Å². The lowest BCUT2D eigenvalue weighted by atomic mass is 9.65. The number of carbonyl (C=O) groups excluding carboxylic acids is 1. The summed E-state index contributed by atoms with van der Waals surface area (Å²) in [5, 5.41) is 0. The highest BCUT2D eigenvalue weighted by molar-refractivity contribution is 5.77. The predicted molar refractivity (Wildman–Crippen MR) is 49.5 cm³/mol. The van der Waals surface area contributed by atoms with Gasteiger partial charge in [0.05, 0.1) is 0 Å². The van der Waals surface area contributed by atoms with Crippen LogP contribution < -0.4 is 5.73 Å². The molecule has 2 N–H and O–H groups in total. The first-order chi connectivity index (χ1) is 5.43. The van der Waals surface area contributed by atoms with Gasteiger partial charge in [-0.1, -0.05) is 20.8 Å². The minimum absolute atomic E-state index is 0.0914. The molecule has 0 saturated heterocycles. The van der Waals surface area contributed by atoms with E-state index in [2.05, 4.69) is 20.8 Å². The Balaban J connectivity index is 2.70. The molecule has 0 aromatic rings. The highest BCUT2D eigenvalue weighted by Gasteiger charge is 2.38. The van der Waals surface area contributed by atoms with Crippen molar-refractivity contribution in [1.82, 2.24) is 0 Å². The summed E-state index contributed by atoms with van der Waals surface area (Å²) in [7, 11) is 0. The fourth-order valence-corrected chi connectivity index (χ4v) is 2.51. The Bertz CT molecular complexity index is 186. The SMILES string of the molecule is CC1CCC(C(N)=O)C(C)(C)C1. The van der Waals surface area contributed by atoms with Crippen LogP contribution >= 0.6 is 0 Å². The molecule has 0 radical (unpaired) electrons. The van der Waals surface area contributed by atoms with Crippen LogP contribution in [0.2, 0.25) is 0 Å². The number of nitrogens with two attached hydrogens (primary N) is 1. The number of primary amides is 1. The summed E-state index contributed by atoms with van der Waals surface area (Å²) in [4.78, 5) is 11.1. The first-order valence-electron chi connectivity index (χ1n) is 4.73. The standard InChI is InChI=1S/C10H19NO/c1-7-4-5-8(9(11)12)10(2,3)6-7/h7-8H,4-6H2,1-3H3,(H2,11,12). The average molecular weight is 169 g/mol. The van der Waals surface area contributed by atoms with Crippen LogP contribution in [0.25, 0.3) is 0 Å². The summed E-state index contributed by atoms with van der Waals surface area (Å²) in [6.07, 6.45) is 3.25. The molecule has 0 bridgehead atoms. The Morgan fingerprint density at radius 2 is 2.00 bits per heavy atom. The van der Waals surface area contributed by atoms with E-state index in [-0.39, 0.29) is 17.2 Å². The lowest BCUT2D eigenvalue weighted by Gasteiger charge is -2.39. The van der Waals surface area contributed by atoms with Crippen LogP contribution in [0.5, 0.6) is 0 Å². The van der Waals surface area contributed by atoms with E-state index in [1.807, 2.05) is 0 Å². The summed E-state index contributed by atoms with van der Waals surface area (Å²) in [6.45, 7) is 6.55. The van der Waals surface area contributed by atoms with Gasteiger partial charge in [-0.2, -0.15) is 0 Å². The van der Waals surface area contributed by atoms with Crippen LogP contribution in [0.1, 0.15) is 40.0 Å². The smallest absolute Gasteiger partial charge is 0.221 e. The molecule has 0 spiro atoms. The molecule has 2 heteroatoms. The summed E-state index contributed by atoms with van der Waals surface area (Å²) >= 11 is 0. The minimum Gasteiger partial charge on any atom is -0.369 e. The molecular formula is C10H19NO. The quantitative estimate of drug-likeness (QED) is 0.640. The fraction of sp³-hybridized carbons (Fsp3) is 0.900. The Morgan fingerprint density at radius 1 is 1.42 bits per heavy atom. The second-order valence-corrected chi connectivity index (χ2v) is 4.83. The van der Waals surface area contributed by atoms with Gasteiger partial charge in [0.1, 0.15) is 0 Å². The second-order valence-electron chi connectivity index (χ2n) is 4.83. The maximum Gasteiger partial charge on any atom is 0.221 e. The van der Waals surface area contributed by atoms with Gasteiger partial charge in [-0.3, -0.25) is 4.79 Å². The third-order valence-corrected chi connectivity index (χ3v) is 3.11. The molecule has 2 nitrogen and oxygen atoms in total. The third kappa shape index (κ3) is 1.79. The minimum atomic E-state index is -0.119. The number of hydrogen-bond acceptors (Lipinski definition) is 1. The normalized spacial score (nSPS) is 34.6. The zero-order valence-electron chi connectivity index (χ0n) is 8.26. The number of rotatable bonds is 1. The molecule has 0 heterocycles. The lowest BCUT2D eigenvalue weighted by Crippen LogP contribution is -2.39. The number of hydrogen-bond donors (Lipinski definition) is 1. The van der Waals surface area contributed by atoms with Gasteiger partial charge in [0.15, 0.2) is 0 Å².